The molecule has 18 heavy (non-hydrogen) atoms. The molecule has 0 amide bonds. The molecule has 1 aliphatic heterocycles. The zero-order valence-electron chi connectivity index (χ0n) is 12.9. The number of nitrogens with one attached hydrogen (secondary N) is 1. The van der Waals surface area contributed by atoms with E-state index in [9.17, 15) is 0 Å². The van der Waals surface area contributed by atoms with Crippen LogP contribution in [0.2, 0.25) is 0 Å². The van der Waals surface area contributed by atoms with Crippen LogP contribution in [-0.4, -0.2) is 37.6 Å². The number of piperidine rings is 1. The van der Waals surface area contributed by atoms with Crippen molar-refractivity contribution in [2.45, 2.75) is 71.3 Å². The third kappa shape index (κ3) is 6.19. The van der Waals surface area contributed by atoms with Crippen LogP contribution in [0.15, 0.2) is 0 Å². The van der Waals surface area contributed by atoms with E-state index in [2.05, 4.69) is 31.1 Å². The van der Waals surface area contributed by atoms with Crippen LogP contribution in [0.3, 0.4) is 0 Å². The van der Waals surface area contributed by atoms with Crippen molar-refractivity contribution in [1.82, 2.24) is 10.2 Å². The molecule has 1 fully saturated rings. The quantitative estimate of drug-likeness (QED) is 0.632. The second-order valence-corrected chi connectivity index (χ2v) is 6.04. The summed E-state index contributed by atoms with van der Waals surface area (Å²) in [6.45, 7) is 8.36. The molecular weight excluding hydrogens is 220 g/mol. The van der Waals surface area contributed by atoms with Crippen LogP contribution in [0, 0.1) is 5.92 Å². The summed E-state index contributed by atoms with van der Waals surface area (Å²) >= 11 is 0. The highest BCUT2D eigenvalue weighted by Crippen LogP contribution is 2.17. The Morgan fingerprint density at radius 3 is 2.78 bits per heavy atom. The van der Waals surface area contributed by atoms with Crippen LogP contribution in [-0.2, 0) is 0 Å². The highest BCUT2D eigenvalue weighted by atomic mass is 15.1. The Balaban J connectivity index is 2.05. The van der Waals surface area contributed by atoms with Crippen molar-refractivity contribution >= 4 is 0 Å². The van der Waals surface area contributed by atoms with Gasteiger partial charge in [-0.15, -0.1) is 0 Å². The van der Waals surface area contributed by atoms with Crippen LogP contribution in [0.1, 0.15) is 65.2 Å². The number of hydrogen-bond acceptors (Lipinski definition) is 2. The first-order chi connectivity index (χ1) is 8.77. The Morgan fingerprint density at radius 1 is 1.28 bits per heavy atom. The first-order valence-corrected chi connectivity index (χ1v) is 8.18. The van der Waals surface area contributed by atoms with Crippen molar-refractivity contribution < 1.29 is 0 Å². The molecule has 0 radical (unpaired) electrons. The largest absolute Gasteiger partial charge is 0.316 e. The number of nitrogens with zero attached hydrogens (tertiary/aromatic N) is 1. The minimum absolute atomic E-state index is 0.835. The summed E-state index contributed by atoms with van der Waals surface area (Å²) in [5.74, 6) is 0.897. The zero-order chi connectivity index (χ0) is 13.2. The maximum absolute atomic E-state index is 3.69. The van der Waals surface area contributed by atoms with Gasteiger partial charge in [0, 0.05) is 6.04 Å². The molecule has 108 valence electrons. The first-order valence-electron chi connectivity index (χ1n) is 8.18. The Kier molecular flexibility index (Phi) is 8.70. The molecule has 2 nitrogen and oxygen atoms in total. The third-order valence-electron chi connectivity index (χ3n) is 4.55. The molecule has 1 N–H and O–H groups in total. The topological polar surface area (TPSA) is 15.3 Å². The molecular formula is C16H34N2. The number of rotatable bonds is 9. The van der Waals surface area contributed by atoms with Gasteiger partial charge < -0.3 is 10.2 Å². The van der Waals surface area contributed by atoms with Crippen molar-refractivity contribution in [3.05, 3.63) is 0 Å². The van der Waals surface area contributed by atoms with Crippen molar-refractivity contribution in [1.29, 1.82) is 0 Å². The summed E-state index contributed by atoms with van der Waals surface area (Å²) in [6.07, 6.45) is 11.0. The molecule has 1 heterocycles. The van der Waals surface area contributed by atoms with Gasteiger partial charge in [-0.05, 0) is 58.3 Å². The molecule has 1 rings (SSSR count). The average molecular weight is 254 g/mol. The molecule has 0 aromatic rings. The third-order valence-corrected chi connectivity index (χ3v) is 4.55. The van der Waals surface area contributed by atoms with Crippen molar-refractivity contribution in [2.75, 3.05) is 26.7 Å². The predicted octanol–water partition coefficient (Wildman–Crippen LogP) is 3.67. The van der Waals surface area contributed by atoms with Crippen LogP contribution < -0.4 is 5.32 Å². The molecule has 0 bridgehead atoms. The van der Waals surface area contributed by atoms with Gasteiger partial charge in [-0.25, -0.2) is 0 Å². The molecule has 0 aromatic carbocycles. The lowest BCUT2D eigenvalue weighted by molar-refractivity contribution is 0.175. The minimum atomic E-state index is 0.835. The van der Waals surface area contributed by atoms with E-state index in [-0.39, 0.29) is 0 Å². The Morgan fingerprint density at radius 2 is 2.11 bits per heavy atom. The highest BCUT2D eigenvalue weighted by Gasteiger charge is 2.18. The lowest BCUT2D eigenvalue weighted by atomic mass is 9.98. The van der Waals surface area contributed by atoms with E-state index in [1.165, 1.54) is 71.0 Å². The Labute approximate surface area is 115 Å². The van der Waals surface area contributed by atoms with E-state index >= 15 is 0 Å². The number of unbranched alkanes of at least 4 members (excludes halogenated alkanes) is 1. The molecule has 0 saturated carbocycles. The molecule has 1 aliphatic rings. The standard InChI is InChI=1S/C16H34N2/c1-4-6-9-15(5-2)14-17-12-11-16-10-7-8-13-18(16)3/h15-17H,4-14H2,1-3H3. The van der Waals surface area contributed by atoms with E-state index in [0.29, 0.717) is 0 Å². The second kappa shape index (κ2) is 9.80. The van der Waals surface area contributed by atoms with E-state index in [1.807, 2.05) is 0 Å². The van der Waals surface area contributed by atoms with Crippen LogP contribution in [0.25, 0.3) is 0 Å². The van der Waals surface area contributed by atoms with Gasteiger partial charge in [0.25, 0.3) is 0 Å². The lowest BCUT2D eigenvalue weighted by Crippen LogP contribution is -2.38. The predicted molar refractivity (Wildman–Crippen MR) is 81.1 cm³/mol. The number of likely N-dealkylation sites (tertiary alicyclic amines) is 1. The molecule has 2 unspecified atom stereocenters. The maximum atomic E-state index is 3.69. The lowest BCUT2D eigenvalue weighted by Gasteiger charge is -2.32. The molecule has 0 spiro atoms. The SMILES string of the molecule is CCCCC(CC)CNCCC1CCCCN1C. The van der Waals surface area contributed by atoms with Gasteiger partial charge in [0.05, 0.1) is 0 Å². The van der Waals surface area contributed by atoms with E-state index in [1.54, 1.807) is 0 Å². The summed E-state index contributed by atoms with van der Waals surface area (Å²) in [4.78, 5) is 2.56. The monoisotopic (exact) mass is 254 g/mol. The number of hydrogen-bond donors (Lipinski definition) is 1. The van der Waals surface area contributed by atoms with Gasteiger partial charge in [-0.3, -0.25) is 0 Å². The van der Waals surface area contributed by atoms with Crippen molar-refractivity contribution in [3.8, 4) is 0 Å². The van der Waals surface area contributed by atoms with Gasteiger partial charge in [0.1, 0.15) is 0 Å². The summed E-state index contributed by atoms with van der Waals surface area (Å²) in [5.41, 5.74) is 0. The molecule has 2 atom stereocenters. The fraction of sp³-hybridized carbons (Fsp3) is 1.00. The summed E-state index contributed by atoms with van der Waals surface area (Å²) < 4.78 is 0. The second-order valence-electron chi connectivity index (χ2n) is 6.04. The fourth-order valence-corrected chi connectivity index (χ4v) is 3.03. The smallest absolute Gasteiger partial charge is 0.0104 e. The van der Waals surface area contributed by atoms with Crippen LogP contribution >= 0.6 is 0 Å². The zero-order valence-corrected chi connectivity index (χ0v) is 12.9. The van der Waals surface area contributed by atoms with E-state index in [0.717, 1.165) is 12.0 Å². The van der Waals surface area contributed by atoms with Crippen molar-refractivity contribution in [2.24, 2.45) is 5.92 Å². The summed E-state index contributed by atoms with van der Waals surface area (Å²) in [5, 5.41) is 3.69. The van der Waals surface area contributed by atoms with Crippen molar-refractivity contribution in [3.63, 3.8) is 0 Å². The van der Waals surface area contributed by atoms with Gasteiger partial charge in [-0.1, -0.05) is 39.5 Å². The molecule has 0 aliphatic carbocycles. The van der Waals surface area contributed by atoms with E-state index in [4.69, 9.17) is 0 Å². The Bertz CT molecular complexity index is 194. The molecule has 0 aromatic heterocycles. The van der Waals surface area contributed by atoms with Gasteiger partial charge >= 0.3 is 0 Å². The minimum Gasteiger partial charge on any atom is -0.316 e. The molecule has 1 saturated heterocycles. The van der Waals surface area contributed by atoms with Gasteiger partial charge in [0.2, 0.25) is 0 Å². The summed E-state index contributed by atoms with van der Waals surface area (Å²) in [7, 11) is 2.29. The van der Waals surface area contributed by atoms with Crippen LogP contribution in [0.5, 0.6) is 0 Å². The van der Waals surface area contributed by atoms with Gasteiger partial charge in [0.15, 0.2) is 0 Å². The average Bonchev–Trinajstić information content (AvgIpc) is 2.40. The van der Waals surface area contributed by atoms with Crippen LogP contribution in [0.4, 0.5) is 0 Å². The highest BCUT2D eigenvalue weighted by molar-refractivity contribution is 4.75. The maximum Gasteiger partial charge on any atom is 0.0104 e. The van der Waals surface area contributed by atoms with Gasteiger partial charge in [-0.2, -0.15) is 0 Å². The fourth-order valence-electron chi connectivity index (χ4n) is 3.03. The molecule has 2 heteroatoms. The normalized spacial score (nSPS) is 23.2. The van der Waals surface area contributed by atoms with E-state index < -0.39 is 0 Å². The first kappa shape index (κ1) is 16.0. The Hall–Kier alpha value is -0.0800. The summed E-state index contributed by atoms with van der Waals surface area (Å²) in [6, 6.07) is 0.835.